The van der Waals surface area contributed by atoms with Crippen LogP contribution in [0.3, 0.4) is 0 Å². The molecule has 0 aliphatic heterocycles. The minimum atomic E-state index is -3.77. The molecule has 1 N–H and O–H groups in total. The van der Waals surface area contributed by atoms with Crippen LogP contribution in [-0.4, -0.2) is 23.2 Å². The summed E-state index contributed by atoms with van der Waals surface area (Å²) in [5, 5.41) is 4.00. The highest BCUT2D eigenvalue weighted by Gasteiger charge is 2.23. The van der Waals surface area contributed by atoms with Crippen molar-refractivity contribution in [2.75, 3.05) is 4.72 Å². The summed E-state index contributed by atoms with van der Waals surface area (Å²) in [4.78, 5) is 3.88. The van der Waals surface area contributed by atoms with Crippen LogP contribution in [0.4, 0.5) is 5.13 Å². The van der Waals surface area contributed by atoms with Gasteiger partial charge in [0.05, 0.1) is 21.2 Å². The zero-order valence-electron chi connectivity index (χ0n) is 8.39. The molecule has 2 aromatic rings. The Kier molecular flexibility index (Phi) is 3.43. The van der Waals surface area contributed by atoms with E-state index < -0.39 is 10.0 Å². The Morgan fingerprint density at radius 3 is 2.71 bits per heavy atom. The van der Waals surface area contributed by atoms with E-state index in [4.69, 9.17) is 11.6 Å². The molecule has 0 unspecified atom stereocenters. The monoisotopic (exact) mass is 356 g/mol. The average molecular weight is 358 g/mol. The minimum Gasteiger partial charge on any atom is -0.254 e. The highest BCUT2D eigenvalue weighted by atomic mass is 79.9. The standard InChI is InChI=1S/C7H6BrClN4O2S2/c1-13-6(4(9)2-11-13)17(14,15)12-7-10-3-5(8)16-7/h2-3H,1H3,(H,10,12). The van der Waals surface area contributed by atoms with E-state index in [9.17, 15) is 8.42 Å². The van der Waals surface area contributed by atoms with Crippen LogP contribution in [0.5, 0.6) is 0 Å². The van der Waals surface area contributed by atoms with E-state index in [-0.39, 0.29) is 15.2 Å². The Labute approximate surface area is 115 Å². The summed E-state index contributed by atoms with van der Waals surface area (Å²) in [6.45, 7) is 0. The number of aryl methyl sites for hydroxylation is 1. The van der Waals surface area contributed by atoms with Crippen LogP contribution < -0.4 is 4.72 Å². The lowest BCUT2D eigenvalue weighted by atomic mass is 10.7. The van der Waals surface area contributed by atoms with Gasteiger partial charge in [0.2, 0.25) is 0 Å². The van der Waals surface area contributed by atoms with Crippen LogP contribution in [0.1, 0.15) is 0 Å². The molecule has 0 saturated heterocycles. The fourth-order valence-corrected chi connectivity index (χ4v) is 4.17. The van der Waals surface area contributed by atoms with Gasteiger partial charge in [-0.3, -0.25) is 9.40 Å². The average Bonchev–Trinajstić information content (AvgIpc) is 2.73. The first-order chi connectivity index (χ1) is 7.90. The van der Waals surface area contributed by atoms with Gasteiger partial charge < -0.3 is 0 Å². The predicted octanol–water partition coefficient (Wildman–Crippen LogP) is 2.09. The molecule has 0 spiro atoms. The molecule has 0 aliphatic carbocycles. The molecule has 17 heavy (non-hydrogen) atoms. The molecule has 0 bridgehead atoms. The first-order valence-electron chi connectivity index (χ1n) is 4.22. The van der Waals surface area contributed by atoms with Crippen LogP contribution in [0, 0.1) is 0 Å². The Morgan fingerprint density at radius 1 is 1.53 bits per heavy atom. The fourth-order valence-electron chi connectivity index (χ4n) is 1.17. The molecule has 92 valence electrons. The molecule has 2 rings (SSSR count). The number of nitrogens with one attached hydrogen (secondary N) is 1. The molecule has 2 heterocycles. The van der Waals surface area contributed by atoms with E-state index in [0.29, 0.717) is 0 Å². The summed E-state index contributed by atoms with van der Waals surface area (Å²) in [7, 11) is -2.27. The molecule has 0 amide bonds. The highest BCUT2D eigenvalue weighted by Crippen LogP contribution is 2.27. The zero-order valence-corrected chi connectivity index (χ0v) is 12.4. The van der Waals surface area contributed by atoms with Gasteiger partial charge in [0.15, 0.2) is 10.2 Å². The van der Waals surface area contributed by atoms with Gasteiger partial charge in [0, 0.05) is 7.05 Å². The van der Waals surface area contributed by atoms with Crippen molar-refractivity contribution in [1.82, 2.24) is 14.8 Å². The van der Waals surface area contributed by atoms with Gasteiger partial charge in [-0.25, -0.2) is 4.98 Å². The van der Waals surface area contributed by atoms with Crippen molar-refractivity contribution in [3.63, 3.8) is 0 Å². The number of hydrogen-bond donors (Lipinski definition) is 1. The van der Waals surface area contributed by atoms with E-state index in [1.165, 1.54) is 35.5 Å². The number of sulfonamides is 1. The van der Waals surface area contributed by atoms with Crippen LogP contribution in [0.15, 0.2) is 21.2 Å². The van der Waals surface area contributed by atoms with Crippen molar-refractivity contribution in [2.24, 2.45) is 7.05 Å². The van der Waals surface area contributed by atoms with Crippen molar-refractivity contribution in [3.8, 4) is 0 Å². The summed E-state index contributed by atoms with van der Waals surface area (Å²) in [6.07, 6.45) is 2.78. The third kappa shape index (κ3) is 2.62. The van der Waals surface area contributed by atoms with Crippen LogP contribution in [0.2, 0.25) is 5.02 Å². The second-order valence-corrected chi connectivity index (χ2v) is 7.41. The maximum atomic E-state index is 12.0. The Morgan fingerprint density at radius 2 is 2.24 bits per heavy atom. The summed E-state index contributed by atoms with van der Waals surface area (Å²) < 4.78 is 28.3. The number of nitrogens with zero attached hydrogens (tertiary/aromatic N) is 3. The van der Waals surface area contributed by atoms with Crippen LogP contribution in [0.25, 0.3) is 0 Å². The van der Waals surface area contributed by atoms with Gasteiger partial charge in [-0.05, 0) is 15.9 Å². The Balaban J connectivity index is 2.38. The maximum Gasteiger partial charge on any atom is 0.282 e. The summed E-state index contributed by atoms with van der Waals surface area (Å²) in [5.74, 6) is 0. The van der Waals surface area contributed by atoms with E-state index in [2.05, 4.69) is 30.7 Å². The highest BCUT2D eigenvalue weighted by molar-refractivity contribution is 9.11. The maximum absolute atomic E-state index is 12.0. The van der Waals surface area contributed by atoms with Gasteiger partial charge in [0.1, 0.15) is 0 Å². The lowest BCUT2D eigenvalue weighted by Gasteiger charge is -2.05. The zero-order chi connectivity index (χ0) is 12.6. The van der Waals surface area contributed by atoms with Crippen molar-refractivity contribution in [2.45, 2.75) is 5.03 Å². The molecule has 0 radical (unpaired) electrons. The van der Waals surface area contributed by atoms with Gasteiger partial charge in [0.25, 0.3) is 10.0 Å². The molecule has 0 aromatic carbocycles. The lowest BCUT2D eigenvalue weighted by molar-refractivity contribution is 0.582. The van der Waals surface area contributed by atoms with E-state index in [1.54, 1.807) is 0 Å². The summed E-state index contributed by atoms with van der Waals surface area (Å²) >= 11 is 10.1. The number of aromatic nitrogens is 3. The number of hydrogen-bond acceptors (Lipinski definition) is 5. The fraction of sp³-hybridized carbons (Fsp3) is 0.143. The quantitative estimate of drug-likeness (QED) is 0.912. The van der Waals surface area contributed by atoms with Gasteiger partial charge in [-0.15, -0.1) is 0 Å². The SMILES string of the molecule is Cn1ncc(Cl)c1S(=O)(=O)Nc1ncc(Br)s1. The topological polar surface area (TPSA) is 76.9 Å². The van der Waals surface area contributed by atoms with Crippen molar-refractivity contribution in [1.29, 1.82) is 0 Å². The van der Waals surface area contributed by atoms with Crippen LogP contribution in [-0.2, 0) is 17.1 Å². The largest absolute Gasteiger partial charge is 0.282 e. The van der Waals surface area contributed by atoms with Crippen LogP contribution >= 0.6 is 38.9 Å². The van der Waals surface area contributed by atoms with Crippen molar-refractivity contribution in [3.05, 3.63) is 21.2 Å². The third-order valence-corrected chi connectivity index (χ3v) is 5.16. The molecule has 0 fully saturated rings. The lowest BCUT2D eigenvalue weighted by Crippen LogP contribution is -2.16. The molecule has 2 aromatic heterocycles. The van der Waals surface area contributed by atoms with Crippen molar-refractivity contribution < 1.29 is 8.42 Å². The summed E-state index contributed by atoms with van der Waals surface area (Å²) in [6, 6.07) is 0. The smallest absolute Gasteiger partial charge is 0.254 e. The van der Waals surface area contributed by atoms with E-state index in [0.717, 1.165) is 3.79 Å². The van der Waals surface area contributed by atoms with Gasteiger partial charge in [-0.1, -0.05) is 22.9 Å². The van der Waals surface area contributed by atoms with E-state index in [1.807, 2.05) is 0 Å². The molecule has 10 heteroatoms. The number of anilines is 1. The molecular weight excluding hydrogens is 352 g/mol. The van der Waals surface area contributed by atoms with Crippen molar-refractivity contribution >= 4 is 54.0 Å². The third-order valence-electron chi connectivity index (χ3n) is 1.80. The van der Waals surface area contributed by atoms with Gasteiger partial charge in [-0.2, -0.15) is 13.5 Å². The number of rotatable bonds is 3. The number of halogens is 2. The second-order valence-electron chi connectivity index (χ2n) is 3.00. The molecule has 6 nitrogen and oxygen atoms in total. The normalized spacial score (nSPS) is 11.7. The molecule has 0 aliphatic rings. The molecule has 0 atom stereocenters. The number of thiazole rings is 1. The second kappa shape index (κ2) is 4.56. The first-order valence-corrected chi connectivity index (χ1v) is 7.69. The minimum absolute atomic E-state index is 0.0654. The molecular formula is C7H6BrClN4O2S2. The molecule has 0 saturated carbocycles. The van der Waals surface area contributed by atoms with Gasteiger partial charge >= 0.3 is 0 Å². The summed E-state index contributed by atoms with van der Waals surface area (Å²) in [5.41, 5.74) is 0. The predicted molar refractivity (Wildman–Crippen MR) is 68.8 cm³/mol. The first kappa shape index (κ1) is 12.8. The Bertz CT molecular complexity index is 631. The Hall–Kier alpha value is -0.640. The van der Waals surface area contributed by atoms with E-state index >= 15 is 0 Å².